The first-order chi connectivity index (χ1) is 16.6. The lowest BCUT2D eigenvalue weighted by molar-refractivity contribution is 0.0955. The van der Waals surface area contributed by atoms with Crippen LogP contribution in [0.3, 0.4) is 0 Å². The largest absolute Gasteiger partial charge is 0.367 e. The van der Waals surface area contributed by atoms with E-state index in [0.717, 1.165) is 65.5 Å². The van der Waals surface area contributed by atoms with Crippen LogP contribution >= 0.6 is 23.4 Å². The van der Waals surface area contributed by atoms with Gasteiger partial charge in [-0.05, 0) is 43.2 Å². The van der Waals surface area contributed by atoms with Crippen LogP contribution in [0.15, 0.2) is 59.8 Å². The van der Waals surface area contributed by atoms with Gasteiger partial charge >= 0.3 is 0 Å². The highest BCUT2D eigenvalue weighted by Gasteiger charge is 2.21. The average Bonchev–Trinajstić information content (AvgIpc) is 2.88. The number of nitrogens with one attached hydrogen (secondary N) is 1. The number of para-hydroxylation sites is 1. The molecule has 0 atom stereocenters. The molecule has 1 saturated heterocycles. The fourth-order valence-corrected chi connectivity index (χ4v) is 5.04. The Morgan fingerprint density at radius 2 is 1.76 bits per heavy atom. The van der Waals surface area contributed by atoms with Crippen LogP contribution in [-0.2, 0) is 12.2 Å². The zero-order valence-electron chi connectivity index (χ0n) is 19.6. The Morgan fingerprint density at radius 1 is 1.00 bits per heavy atom. The third kappa shape index (κ3) is 6.02. The first-order valence-electron chi connectivity index (χ1n) is 11.7. The van der Waals surface area contributed by atoms with E-state index in [1.54, 1.807) is 11.8 Å². The molecule has 0 bridgehead atoms. The molecule has 1 aliphatic heterocycles. The Morgan fingerprint density at radius 3 is 2.50 bits per heavy atom. The summed E-state index contributed by atoms with van der Waals surface area (Å²) in [5.41, 5.74) is 3.89. The van der Waals surface area contributed by atoms with Crippen molar-refractivity contribution in [2.75, 3.05) is 42.5 Å². The molecule has 34 heavy (non-hydrogen) atoms. The van der Waals surface area contributed by atoms with Gasteiger partial charge < -0.3 is 15.1 Å². The SMILES string of the molecule is CCNC(=O)c1cccc(CSc2nc(CC)cc(N3CCN(c4ccccc4Cl)CC3)n2)c1. The van der Waals surface area contributed by atoms with Crippen LogP contribution in [0.5, 0.6) is 0 Å². The molecule has 0 aliphatic carbocycles. The van der Waals surface area contributed by atoms with Crippen molar-refractivity contribution in [2.45, 2.75) is 31.2 Å². The number of benzene rings is 2. The van der Waals surface area contributed by atoms with Crippen molar-refractivity contribution in [2.24, 2.45) is 0 Å². The molecular weight excluding hydrogens is 466 g/mol. The van der Waals surface area contributed by atoms with E-state index in [4.69, 9.17) is 21.6 Å². The normalized spacial score (nSPS) is 13.7. The second-order valence-electron chi connectivity index (χ2n) is 8.13. The quantitative estimate of drug-likeness (QED) is 0.348. The molecule has 3 aromatic rings. The minimum absolute atomic E-state index is 0.0446. The molecule has 1 aliphatic rings. The van der Waals surface area contributed by atoms with Crippen LogP contribution in [0.2, 0.25) is 5.02 Å². The molecular formula is C26H30ClN5OS. The van der Waals surface area contributed by atoms with Crippen molar-refractivity contribution in [3.63, 3.8) is 0 Å². The number of nitrogens with zero attached hydrogens (tertiary/aromatic N) is 4. The number of piperazine rings is 1. The molecule has 2 aromatic carbocycles. The Hall–Kier alpha value is -2.77. The lowest BCUT2D eigenvalue weighted by atomic mass is 10.1. The molecule has 1 aromatic heterocycles. The molecule has 0 saturated carbocycles. The van der Waals surface area contributed by atoms with Crippen molar-refractivity contribution < 1.29 is 4.79 Å². The van der Waals surface area contributed by atoms with Crippen LogP contribution in [0.4, 0.5) is 11.5 Å². The van der Waals surface area contributed by atoms with Gasteiger partial charge in [-0.1, -0.05) is 54.6 Å². The van der Waals surface area contributed by atoms with Gasteiger partial charge in [-0.2, -0.15) is 0 Å². The van der Waals surface area contributed by atoms with Crippen LogP contribution in [-0.4, -0.2) is 48.6 Å². The smallest absolute Gasteiger partial charge is 0.251 e. The molecule has 1 N–H and O–H groups in total. The van der Waals surface area contributed by atoms with Crippen LogP contribution in [0.25, 0.3) is 0 Å². The van der Waals surface area contributed by atoms with Crippen LogP contribution in [0.1, 0.15) is 35.5 Å². The van der Waals surface area contributed by atoms with Crippen molar-refractivity contribution in [1.82, 2.24) is 15.3 Å². The van der Waals surface area contributed by atoms with E-state index in [1.165, 1.54) is 0 Å². The van der Waals surface area contributed by atoms with E-state index in [0.29, 0.717) is 17.9 Å². The zero-order chi connectivity index (χ0) is 23.9. The molecule has 178 valence electrons. The first kappa shape index (κ1) is 24.4. The number of aromatic nitrogens is 2. The van der Waals surface area contributed by atoms with Crippen molar-refractivity contribution >= 4 is 40.8 Å². The molecule has 0 unspecified atom stereocenters. The summed E-state index contributed by atoms with van der Waals surface area (Å²) in [6, 6.07) is 17.9. The van der Waals surface area contributed by atoms with Crippen LogP contribution in [0, 0.1) is 0 Å². The molecule has 4 rings (SSSR count). The van der Waals surface area contributed by atoms with Gasteiger partial charge in [-0.15, -0.1) is 0 Å². The monoisotopic (exact) mass is 495 g/mol. The third-order valence-corrected chi connectivity index (χ3v) is 7.04. The molecule has 0 spiro atoms. The van der Waals surface area contributed by atoms with Gasteiger partial charge in [0.1, 0.15) is 5.82 Å². The summed E-state index contributed by atoms with van der Waals surface area (Å²) in [4.78, 5) is 26.4. The number of rotatable bonds is 8. The summed E-state index contributed by atoms with van der Waals surface area (Å²) >= 11 is 8.00. The topological polar surface area (TPSA) is 61.4 Å². The lowest BCUT2D eigenvalue weighted by Crippen LogP contribution is -2.47. The Bertz CT molecular complexity index is 1130. The van der Waals surface area contributed by atoms with Gasteiger partial charge in [0.2, 0.25) is 0 Å². The number of halogens is 1. The Kier molecular flexibility index (Phi) is 8.29. The maximum atomic E-state index is 12.1. The van der Waals surface area contributed by atoms with Crippen molar-refractivity contribution in [1.29, 1.82) is 0 Å². The summed E-state index contributed by atoms with van der Waals surface area (Å²) in [6.45, 7) is 8.20. The minimum Gasteiger partial charge on any atom is -0.367 e. The summed E-state index contributed by atoms with van der Waals surface area (Å²) in [7, 11) is 0. The van der Waals surface area contributed by atoms with E-state index in [9.17, 15) is 4.79 Å². The van der Waals surface area contributed by atoms with Crippen molar-refractivity contribution in [3.8, 4) is 0 Å². The number of carbonyl (C=O) groups excluding carboxylic acids is 1. The fraction of sp³-hybridized carbons (Fsp3) is 0.346. The standard InChI is InChI=1S/C26H30ClN5OS/c1-3-21-17-24(32-14-12-31(13-15-32)23-11-6-5-10-22(23)27)30-26(29-21)34-18-19-8-7-9-20(16-19)25(33)28-4-2/h5-11,16-17H,3-4,12-15,18H2,1-2H3,(H,28,33). The molecule has 6 nitrogen and oxygen atoms in total. The van der Waals surface area contributed by atoms with Crippen LogP contribution < -0.4 is 15.1 Å². The molecule has 2 heterocycles. The highest BCUT2D eigenvalue weighted by molar-refractivity contribution is 7.98. The number of hydrogen-bond donors (Lipinski definition) is 1. The van der Waals surface area contributed by atoms with Gasteiger partial charge in [0, 0.05) is 55.8 Å². The molecule has 1 fully saturated rings. The van der Waals surface area contributed by atoms with Gasteiger partial charge in [-0.3, -0.25) is 4.79 Å². The Labute approximate surface area is 210 Å². The van der Waals surface area contributed by atoms with Gasteiger partial charge in [0.05, 0.1) is 10.7 Å². The van der Waals surface area contributed by atoms with E-state index >= 15 is 0 Å². The highest BCUT2D eigenvalue weighted by Crippen LogP contribution is 2.28. The number of aryl methyl sites for hydroxylation is 1. The Balaban J connectivity index is 1.43. The number of amides is 1. The number of anilines is 2. The summed E-state index contributed by atoms with van der Waals surface area (Å²) in [5.74, 6) is 1.64. The van der Waals surface area contributed by atoms with E-state index in [1.807, 2.05) is 49.4 Å². The second kappa shape index (κ2) is 11.6. The summed E-state index contributed by atoms with van der Waals surface area (Å²) in [5, 5.41) is 4.41. The molecule has 8 heteroatoms. The number of thioether (sulfide) groups is 1. The van der Waals surface area contributed by atoms with E-state index < -0.39 is 0 Å². The molecule has 0 radical (unpaired) electrons. The third-order valence-electron chi connectivity index (χ3n) is 5.80. The van der Waals surface area contributed by atoms with Gasteiger partial charge in [0.25, 0.3) is 5.91 Å². The maximum absolute atomic E-state index is 12.1. The van der Waals surface area contributed by atoms with E-state index in [2.05, 4.69) is 34.2 Å². The highest BCUT2D eigenvalue weighted by atomic mass is 35.5. The fourth-order valence-electron chi connectivity index (χ4n) is 3.96. The lowest BCUT2D eigenvalue weighted by Gasteiger charge is -2.37. The van der Waals surface area contributed by atoms with Gasteiger partial charge in [0.15, 0.2) is 5.16 Å². The predicted molar refractivity (Wildman–Crippen MR) is 141 cm³/mol. The van der Waals surface area contributed by atoms with Crippen molar-refractivity contribution in [3.05, 3.63) is 76.4 Å². The average molecular weight is 496 g/mol. The summed E-state index contributed by atoms with van der Waals surface area (Å²) in [6.07, 6.45) is 0.856. The van der Waals surface area contributed by atoms with E-state index in [-0.39, 0.29) is 5.91 Å². The molecule has 1 amide bonds. The van der Waals surface area contributed by atoms with Gasteiger partial charge in [-0.25, -0.2) is 9.97 Å². The maximum Gasteiger partial charge on any atom is 0.251 e. The minimum atomic E-state index is -0.0446. The first-order valence-corrected chi connectivity index (χ1v) is 13.1. The predicted octanol–water partition coefficient (Wildman–Crippen LogP) is 5.06. The second-order valence-corrected chi connectivity index (χ2v) is 9.48. The number of carbonyl (C=O) groups is 1. The zero-order valence-corrected chi connectivity index (χ0v) is 21.2. The summed E-state index contributed by atoms with van der Waals surface area (Å²) < 4.78 is 0. The number of hydrogen-bond acceptors (Lipinski definition) is 6.